The lowest BCUT2D eigenvalue weighted by Gasteiger charge is -2.45. The number of rotatable bonds is 3. The van der Waals surface area contributed by atoms with Crippen LogP contribution in [0, 0.1) is 5.92 Å². The van der Waals surface area contributed by atoms with E-state index in [9.17, 15) is 8.42 Å². The Labute approximate surface area is 136 Å². The summed E-state index contributed by atoms with van der Waals surface area (Å²) in [4.78, 5) is 5.75. The first-order valence-corrected chi connectivity index (χ1v) is 9.87. The Balaban J connectivity index is 1.65. The fraction of sp³-hybridized carbons (Fsp3) is 0.529. The molecule has 3 atom stereocenters. The molecule has 0 unspecified atom stereocenters. The molecule has 0 radical (unpaired) electrons. The lowest BCUT2D eigenvalue weighted by Crippen LogP contribution is -2.48. The fourth-order valence-corrected chi connectivity index (χ4v) is 4.83. The van der Waals surface area contributed by atoms with Gasteiger partial charge < -0.3 is 9.88 Å². The van der Waals surface area contributed by atoms with Gasteiger partial charge in [0.15, 0.2) is 0 Å². The molecule has 0 amide bonds. The number of fused-ring (bicyclic) bond motifs is 2. The van der Waals surface area contributed by atoms with Crippen LogP contribution < -0.4 is 0 Å². The maximum Gasteiger partial charge on any atom is 0.264 e. The van der Waals surface area contributed by atoms with Crippen LogP contribution in [0.3, 0.4) is 0 Å². The Morgan fingerprint density at radius 1 is 1.39 bits per heavy atom. The van der Waals surface area contributed by atoms with Gasteiger partial charge in [0.25, 0.3) is 10.1 Å². The minimum absolute atomic E-state index is 0.242. The molecule has 1 fully saturated rings. The van der Waals surface area contributed by atoms with Crippen molar-refractivity contribution in [3.8, 4) is 0 Å². The Hall–Kier alpha value is -1.37. The summed E-state index contributed by atoms with van der Waals surface area (Å²) in [7, 11) is -1.23. The van der Waals surface area contributed by atoms with Crippen LogP contribution in [0.1, 0.15) is 23.5 Å². The van der Waals surface area contributed by atoms with Gasteiger partial charge in [-0.3, -0.25) is 4.18 Å². The first-order valence-electron chi connectivity index (χ1n) is 8.06. The highest BCUT2D eigenvalue weighted by Crippen LogP contribution is 2.44. The zero-order valence-electron chi connectivity index (χ0n) is 13.5. The van der Waals surface area contributed by atoms with Crippen molar-refractivity contribution in [1.82, 2.24) is 9.88 Å². The van der Waals surface area contributed by atoms with Gasteiger partial charge in [-0.05, 0) is 43.0 Å². The molecule has 1 saturated heterocycles. The second-order valence-corrected chi connectivity index (χ2v) is 8.64. The molecule has 23 heavy (non-hydrogen) atoms. The molecular formula is C17H22N2O3S. The molecule has 5 nitrogen and oxygen atoms in total. The second kappa shape index (κ2) is 5.33. The number of hydrogen-bond donors (Lipinski definition) is 1. The highest BCUT2D eigenvalue weighted by molar-refractivity contribution is 7.85. The number of aromatic nitrogens is 1. The van der Waals surface area contributed by atoms with E-state index in [1.807, 2.05) is 0 Å². The molecular weight excluding hydrogens is 312 g/mol. The van der Waals surface area contributed by atoms with Crippen LogP contribution in [0.5, 0.6) is 0 Å². The van der Waals surface area contributed by atoms with Crippen molar-refractivity contribution in [2.45, 2.75) is 24.8 Å². The quantitative estimate of drug-likeness (QED) is 0.873. The average molecular weight is 334 g/mol. The summed E-state index contributed by atoms with van der Waals surface area (Å²) in [6.45, 7) is 1.16. The summed E-state index contributed by atoms with van der Waals surface area (Å²) >= 11 is 0. The molecule has 124 valence electrons. The Kier molecular flexibility index (Phi) is 3.51. The fourth-order valence-electron chi connectivity index (χ4n) is 4.39. The maximum atomic E-state index is 11.3. The molecule has 1 aromatic carbocycles. The zero-order valence-corrected chi connectivity index (χ0v) is 14.3. The first kappa shape index (κ1) is 15.2. The van der Waals surface area contributed by atoms with Crippen LogP contribution in [0.25, 0.3) is 10.9 Å². The summed E-state index contributed by atoms with van der Waals surface area (Å²) in [5.74, 6) is 0.681. The van der Waals surface area contributed by atoms with Gasteiger partial charge in [-0.1, -0.05) is 12.1 Å². The summed E-state index contributed by atoms with van der Waals surface area (Å²) in [5, 5.41) is 1.37. The minimum Gasteiger partial charge on any atom is -0.361 e. The number of likely N-dealkylation sites (N-methyl/N-ethyl adjacent to an activating group) is 1. The van der Waals surface area contributed by atoms with Gasteiger partial charge in [0, 0.05) is 35.6 Å². The number of likely N-dealkylation sites (tertiary alicyclic amines) is 1. The largest absolute Gasteiger partial charge is 0.361 e. The van der Waals surface area contributed by atoms with Crippen molar-refractivity contribution in [1.29, 1.82) is 0 Å². The first-order chi connectivity index (χ1) is 10.9. The van der Waals surface area contributed by atoms with E-state index < -0.39 is 10.1 Å². The van der Waals surface area contributed by atoms with E-state index in [1.54, 1.807) is 0 Å². The van der Waals surface area contributed by atoms with Gasteiger partial charge in [-0.25, -0.2) is 0 Å². The molecule has 1 aliphatic carbocycles. The van der Waals surface area contributed by atoms with Crippen molar-refractivity contribution < 1.29 is 12.6 Å². The van der Waals surface area contributed by atoms with Crippen LogP contribution in [-0.4, -0.2) is 50.8 Å². The van der Waals surface area contributed by atoms with E-state index >= 15 is 0 Å². The topological polar surface area (TPSA) is 62.4 Å². The van der Waals surface area contributed by atoms with E-state index in [0.29, 0.717) is 12.0 Å². The average Bonchev–Trinajstić information content (AvgIpc) is 2.90. The van der Waals surface area contributed by atoms with Crippen LogP contribution in [0.2, 0.25) is 0 Å². The van der Waals surface area contributed by atoms with Gasteiger partial charge in [0.2, 0.25) is 0 Å². The summed E-state index contributed by atoms with van der Waals surface area (Å²) in [5.41, 5.74) is 3.99. The van der Waals surface area contributed by atoms with Crippen LogP contribution in [0.15, 0.2) is 24.4 Å². The lowest BCUT2D eigenvalue weighted by molar-refractivity contribution is 0.0856. The van der Waals surface area contributed by atoms with Crippen molar-refractivity contribution in [3.05, 3.63) is 35.5 Å². The predicted octanol–water partition coefficient (Wildman–Crippen LogP) is 2.10. The van der Waals surface area contributed by atoms with Crippen LogP contribution in [-0.2, 0) is 20.7 Å². The van der Waals surface area contributed by atoms with Crippen molar-refractivity contribution in [2.75, 3.05) is 26.5 Å². The molecule has 2 aromatic rings. The number of nitrogens with zero attached hydrogens (tertiary/aromatic N) is 1. The predicted molar refractivity (Wildman–Crippen MR) is 90.1 cm³/mol. The minimum atomic E-state index is -3.37. The summed E-state index contributed by atoms with van der Waals surface area (Å²) in [6.07, 6.45) is 5.29. The molecule has 1 aliphatic heterocycles. The summed E-state index contributed by atoms with van der Waals surface area (Å²) < 4.78 is 27.6. The number of aromatic amines is 1. The van der Waals surface area contributed by atoms with E-state index in [0.717, 1.165) is 25.6 Å². The van der Waals surface area contributed by atoms with Gasteiger partial charge in [0.1, 0.15) is 0 Å². The molecule has 2 aliphatic rings. The van der Waals surface area contributed by atoms with E-state index in [2.05, 4.69) is 41.3 Å². The Morgan fingerprint density at radius 3 is 3.00 bits per heavy atom. The van der Waals surface area contributed by atoms with Crippen molar-refractivity contribution in [2.24, 2.45) is 5.92 Å². The zero-order chi connectivity index (χ0) is 16.2. The normalized spacial score (nSPS) is 28.0. The third-order valence-corrected chi connectivity index (χ3v) is 5.89. The van der Waals surface area contributed by atoms with E-state index in [1.165, 1.54) is 22.0 Å². The van der Waals surface area contributed by atoms with Gasteiger partial charge in [0.05, 0.1) is 12.9 Å². The standard InChI is InChI=1S/C17H22N2O3S/c1-19-9-11(10-22-23(2,20)21)6-14-13-4-3-5-15-17(13)12(8-18-15)7-16(14)19/h3-5,8,11,14,16,18H,6-7,9-10H2,1-2H3/t11-,14+,16+/m0/s1. The SMILES string of the molecule is CN1C[C@@H](COS(C)(=O)=O)C[C@@H]2c3cccc4[nH]cc(c34)C[C@H]21. The van der Waals surface area contributed by atoms with Crippen LogP contribution >= 0.6 is 0 Å². The smallest absolute Gasteiger partial charge is 0.264 e. The maximum absolute atomic E-state index is 11.3. The number of benzene rings is 1. The molecule has 6 heteroatoms. The summed E-state index contributed by atoms with van der Waals surface area (Å²) in [6, 6.07) is 6.94. The van der Waals surface area contributed by atoms with Crippen molar-refractivity contribution in [3.63, 3.8) is 0 Å². The molecule has 4 rings (SSSR count). The monoisotopic (exact) mass is 334 g/mol. The Morgan fingerprint density at radius 2 is 2.22 bits per heavy atom. The molecule has 2 heterocycles. The van der Waals surface area contributed by atoms with Gasteiger partial charge >= 0.3 is 0 Å². The number of hydrogen-bond acceptors (Lipinski definition) is 4. The second-order valence-electron chi connectivity index (χ2n) is 6.99. The number of H-pyrrole nitrogens is 1. The molecule has 0 bridgehead atoms. The number of piperidine rings is 1. The highest BCUT2D eigenvalue weighted by atomic mass is 32.2. The molecule has 0 spiro atoms. The molecule has 1 N–H and O–H groups in total. The Bertz CT molecular complexity index is 843. The van der Waals surface area contributed by atoms with Gasteiger partial charge in [-0.2, -0.15) is 8.42 Å². The van der Waals surface area contributed by atoms with Crippen LogP contribution in [0.4, 0.5) is 0 Å². The highest BCUT2D eigenvalue weighted by Gasteiger charge is 2.39. The van der Waals surface area contributed by atoms with Crippen molar-refractivity contribution >= 4 is 21.0 Å². The van der Waals surface area contributed by atoms with E-state index in [4.69, 9.17) is 4.18 Å². The molecule has 0 saturated carbocycles. The third-order valence-electron chi connectivity index (χ3n) is 5.33. The van der Waals surface area contributed by atoms with Gasteiger partial charge in [-0.15, -0.1) is 0 Å². The lowest BCUT2D eigenvalue weighted by atomic mass is 9.72. The number of nitrogens with one attached hydrogen (secondary N) is 1. The van der Waals surface area contributed by atoms with E-state index in [-0.39, 0.29) is 12.5 Å². The molecule has 1 aromatic heterocycles. The third kappa shape index (κ3) is 2.69.